The van der Waals surface area contributed by atoms with E-state index in [2.05, 4.69) is 31.3 Å². The first-order valence-electron chi connectivity index (χ1n) is 23.1. The highest BCUT2D eigenvalue weighted by Crippen LogP contribution is 2.22. The van der Waals surface area contributed by atoms with E-state index in [0.717, 1.165) is 57.8 Å². The lowest BCUT2D eigenvalue weighted by atomic mass is 9.99. The van der Waals surface area contributed by atoms with Gasteiger partial charge in [0.1, 0.15) is 24.4 Å². The largest absolute Gasteiger partial charge is 0.394 e. The van der Waals surface area contributed by atoms with E-state index in [-0.39, 0.29) is 12.5 Å². The van der Waals surface area contributed by atoms with Gasteiger partial charge < -0.3 is 40.3 Å². The predicted octanol–water partition coefficient (Wildman–Crippen LogP) is 9.50. The summed E-state index contributed by atoms with van der Waals surface area (Å²) >= 11 is 0. The van der Waals surface area contributed by atoms with E-state index in [0.29, 0.717) is 6.42 Å². The molecule has 0 aromatic carbocycles. The average Bonchev–Trinajstić information content (AvgIpc) is 3.18. The van der Waals surface area contributed by atoms with Gasteiger partial charge in [-0.1, -0.05) is 179 Å². The highest BCUT2D eigenvalue weighted by atomic mass is 16.7. The average molecular weight is 782 g/mol. The van der Waals surface area contributed by atoms with Crippen LogP contribution in [0.25, 0.3) is 0 Å². The van der Waals surface area contributed by atoms with Crippen molar-refractivity contribution in [1.29, 1.82) is 0 Å². The van der Waals surface area contributed by atoms with Crippen LogP contribution in [-0.4, -0.2) is 87.5 Å². The van der Waals surface area contributed by atoms with Crippen molar-refractivity contribution >= 4 is 5.91 Å². The van der Waals surface area contributed by atoms with Crippen molar-refractivity contribution in [3.05, 3.63) is 24.3 Å². The minimum Gasteiger partial charge on any atom is -0.394 e. The Hall–Kier alpha value is -1.33. The molecular formula is C46H87NO8. The Kier molecular flexibility index (Phi) is 34.7. The molecule has 9 heteroatoms. The summed E-state index contributed by atoms with van der Waals surface area (Å²) in [4.78, 5) is 12.9. The van der Waals surface area contributed by atoms with Crippen molar-refractivity contribution in [1.82, 2.24) is 5.32 Å². The molecule has 2 unspecified atom stereocenters. The second-order valence-corrected chi connectivity index (χ2v) is 16.2. The van der Waals surface area contributed by atoms with E-state index in [1.165, 1.54) is 128 Å². The maximum Gasteiger partial charge on any atom is 0.220 e. The number of carbonyl (C=O) groups excluding carboxylic acids is 1. The summed E-state index contributed by atoms with van der Waals surface area (Å²) in [6, 6.07) is -0.805. The molecule has 324 valence electrons. The molecule has 7 atom stereocenters. The van der Waals surface area contributed by atoms with E-state index < -0.39 is 49.5 Å². The molecule has 55 heavy (non-hydrogen) atoms. The third-order valence-electron chi connectivity index (χ3n) is 11.0. The summed E-state index contributed by atoms with van der Waals surface area (Å²) in [7, 11) is 0. The zero-order valence-corrected chi connectivity index (χ0v) is 35.4. The molecule has 1 aliphatic rings. The van der Waals surface area contributed by atoms with Gasteiger partial charge in [-0.25, -0.2) is 0 Å². The van der Waals surface area contributed by atoms with Crippen LogP contribution in [-0.2, 0) is 14.3 Å². The highest BCUT2D eigenvalue weighted by Gasteiger charge is 2.44. The lowest BCUT2D eigenvalue weighted by molar-refractivity contribution is -0.302. The fraction of sp³-hybridized carbons (Fsp3) is 0.891. The lowest BCUT2D eigenvalue weighted by Gasteiger charge is -2.40. The van der Waals surface area contributed by atoms with Crippen molar-refractivity contribution in [3.63, 3.8) is 0 Å². The van der Waals surface area contributed by atoms with Crippen LogP contribution >= 0.6 is 0 Å². The maximum absolute atomic E-state index is 12.9. The minimum absolute atomic E-state index is 0.185. The van der Waals surface area contributed by atoms with Gasteiger partial charge in [0.05, 0.1) is 25.4 Å². The molecule has 1 heterocycles. The van der Waals surface area contributed by atoms with Gasteiger partial charge in [-0.2, -0.15) is 0 Å². The molecule has 9 nitrogen and oxygen atoms in total. The van der Waals surface area contributed by atoms with Crippen LogP contribution in [0.5, 0.6) is 0 Å². The number of aliphatic hydroxyl groups is 5. The Morgan fingerprint density at radius 1 is 0.600 bits per heavy atom. The third-order valence-corrected chi connectivity index (χ3v) is 11.0. The second-order valence-electron chi connectivity index (χ2n) is 16.2. The SMILES string of the molecule is CCCCCCCC/C=C/CCCCCCCC(=O)N[C@@H](CO[C@@H]1O[C@H](CO)[C@@H](O)C(O)C1O)[C@H](O)/C=C/CCCCCCCCCCCCCCCCC. The van der Waals surface area contributed by atoms with Crippen LogP contribution in [0.4, 0.5) is 0 Å². The number of unbranched alkanes of at least 4 members (excludes halogenated alkanes) is 26. The number of aliphatic hydroxyl groups excluding tert-OH is 5. The smallest absolute Gasteiger partial charge is 0.220 e. The van der Waals surface area contributed by atoms with Crippen LogP contribution in [0.15, 0.2) is 24.3 Å². The van der Waals surface area contributed by atoms with Crippen molar-refractivity contribution in [2.75, 3.05) is 13.2 Å². The Morgan fingerprint density at radius 3 is 1.47 bits per heavy atom. The molecule has 0 aliphatic carbocycles. The number of amides is 1. The van der Waals surface area contributed by atoms with Gasteiger partial charge in [0.15, 0.2) is 6.29 Å². The molecule has 1 aliphatic heterocycles. The molecule has 1 rings (SSSR count). The molecule has 0 aromatic rings. The highest BCUT2D eigenvalue weighted by molar-refractivity contribution is 5.76. The first kappa shape index (κ1) is 51.7. The second kappa shape index (κ2) is 37.0. The number of hydrogen-bond donors (Lipinski definition) is 6. The normalized spacial score (nSPS) is 21.5. The molecule has 0 aromatic heterocycles. The van der Waals surface area contributed by atoms with Gasteiger partial charge in [-0.15, -0.1) is 0 Å². The number of hydrogen-bond acceptors (Lipinski definition) is 8. The van der Waals surface area contributed by atoms with E-state index in [9.17, 15) is 30.3 Å². The fourth-order valence-electron chi connectivity index (χ4n) is 7.27. The van der Waals surface area contributed by atoms with Crippen molar-refractivity contribution < 1.29 is 39.8 Å². The molecule has 1 fully saturated rings. The Balaban J connectivity index is 2.37. The van der Waals surface area contributed by atoms with E-state index in [4.69, 9.17) is 9.47 Å². The zero-order valence-electron chi connectivity index (χ0n) is 35.4. The predicted molar refractivity (Wildman–Crippen MR) is 226 cm³/mol. The van der Waals surface area contributed by atoms with Gasteiger partial charge in [0.25, 0.3) is 0 Å². The van der Waals surface area contributed by atoms with Crippen LogP contribution in [0, 0.1) is 0 Å². The number of carbonyl (C=O) groups is 1. The molecule has 0 spiro atoms. The zero-order chi connectivity index (χ0) is 40.2. The van der Waals surface area contributed by atoms with Gasteiger partial charge in [-0.05, 0) is 44.9 Å². The van der Waals surface area contributed by atoms with Crippen LogP contribution in [0.3, 0.4) is 0 Å². The van der Waals surface area contributed by atoms with Crippen LogP contribution in [0.1, 0.15) is 206 Å². The summed E-state index contributed by atoms with van der Waals surface area (Å²) in [5, 5.41) is 54.2. The van der Waals surface area contributed by atoms with E-state index >= 15 is 0 Å². The first-order valence-corrected chi connectivity index (χ1v) is 23.1. The summed E-state index contributed by atoms with van der Waals surface area (Å²) in [5.74, 6) is -0.185. The topological polar surface area (TPSA) is 149 Å². The molecular weight excluding hydrogens is 695 g/mol. The van der Waals surface area contributed by atoms with Crippen molar-refractivity contribution in [3.8, 4) is 0 Å². The number of nitrogens with one attached hydrogen (secondary N) is 1. The van der Waals surface area contributed by atoms with Gasteiger partial charge in [0.2, 0.25) is 5.91 Å². The van der Waals surface area contributed by atoms with Crippen molar-refractivity contribution in [2.45, 2.75) is 249 Å². The Bertz CT molecular complexity index is 914. The molecule has 0 bridgehead atoms. The van der Waals surface area contributed by atoms with Gasteiger partial charge in [-0.3, -0.25) is 4.79 Å². The first-order chi connectivity index (χ1) is 26.8. The van der Waals surface area contributed by atoms with Gasteiger partial charge >= 0.3 is 0 Å². The van der Waals surface area contributed by atoms with E-state index in [1.807, 2.05) is 6.08 Å². The summed E-state index contributed by atoms with van der Waals surface area (Å²) in [6.45, 7) is 3.76. The standard InChI is InChI=1S/C46H87NO8/c1-3-5-7-9-11-13-15-17-19-20-22-23-25-27-29-31-33-35-40(49)39(38-54-46-45(53)44(52)43(51)41(37-48)55-46)47-42(50)36-34-32-30-28-26-24-21-18-16-14-12-10-8-6-4-2/h18,21,33,35,39-41,43-46,48-49,51-53H,3-17,19-20,22-32,34,36-38H2,1-2H3,(H,47,50)/b21-18+,35-33+/t39-,40+,41+,43+,44?,45?,46+/m0/s1. The molecule has 0 saturated carbocycles. The molecule has 1 amide bonds. The number of allylic oxidation sites excluding steroid dienone is 3. The monoisotopic (exact) mass is 782 g/mol. The molecule has 6 N–H and O–H groups in total. The molecule has 0 radical (unpaired) electrons. The third kappa shape index (κ3) is 27.9. The summed E-state index contributed by atoms with van der Waals surface area (Å²) < 4.78 is 11.2. The number of rotatable bonds is 38. The number of ether oxygens (including phenoxy) is 2. The fourth-order valence-corrected chi connectivity index (χ4v) is 7.27. The lowest BCUT2D eigenvalue weighted by Crippen LogP contribution is -2.60. The Labute approximate surface area is 337 Å². The summed E-state index contributed by atoms with van der Waals surface area (Å²) in [5.41, 5.74) is 0. The van der Waals surface area contributed by atoms with Gasteiger partial charge in [0, 0.05) is 6.42 Å². The minimum atomic E-state index is -1.57. The Morgan fingerprint density at radius 2 is 1.02 bits per heavy atom. The quantitative estimate of drug-likeness (QED) is 0.0268. The van der Waals surface area contributed by atoms with Crippen LogP contribution < -0.4 is 5.32 Å². The molecule has 1 saturated heterocycles. The maximum atomic E-state index is 12.9. The van der Waals surface area contributed by atoms with Crippen molar-refractivity contribution in [2.24, 2.45) is 0 Å². The van der Waals surface area contributed by atoms with E-state index in [1.54, 1.807) is 6.08 Å². The van der Waals surface area contributed by atoms with Crippen LogP contribution in [0.2, 0.25) is 0 Å². The summed E-state index contributed by atoms with van der Waals surface area (Å²) in [6.07, 6.45) is 36.4.